The molecule has 0 spiro atoms. The Kier molecular flexibility index (Phi) is 7.10. The van der Waals surface area contributed by atoms with E-state index in [0.29, 0.717) is 24.4 Å². The number of hydrogen-bond donors (Lipinski definition) is 1. The van der Waals surface area contributed by atoms with Gasteiger partial charge in [0.05, 0.1) is 24.1 Å². The minimum absolute atomic E-state index is 0.264. The van der Waals surface area contributed by atoms with Crippen LogP contribution in [0.4, 0.5) is 5.69 Å². The van der Waals surface area contributed by atoms with Gasteiger partial charge in [0.2, 0.25) is 15.9 Å². The smallest absolute Gasteiger partial charge is 0.243 e. The lowest BCUT2D eigenvalue weighted by Crippen LogP contribution is -2.48. The van der Waals surface area contributed by atoms with Crippen LogP contribution in [0.5, 0.6) is 5.75 Å². The molecular formula is C19H23ClN2O4S. The van der Waals surface area contributed by atoms with Crippen molar-refractivity contribution in [3.63, 3.8) is 0 Å². The van der Waals surface area contributed by atoms with Gasteiger partial charge in [-0.15, -0.1) is 0 Å². The van der Waals surface area contributed by atoms with Crippen molar-refractivity contribution in [2.75, 3.05) is 24.2 Å². The van der Waals surface area contributed by atoms with E-state index in [1.54, 1.807) is 12.1 Å². The van der Waals surface area contributed by atoms with Crippen molar-refractivity contribution in [3.05, 3.63) is 59.1 Å². The van der Waals surface area contributed by atoms with Crippen molar-refractivity contribution < 1.29 is 17.9 Å². The number of methoxy groups -OCH3 is 1. The molecule has 0 fully saturated rings. The highest BCUT2D eigenvalue weighted by atomic mass is 35.5. The maximum Gasteiger partial charge on any atom is 0.243 e. The van der Waals surface area contributed by atoms with Crippen LogP contribution < -0.4 is 14.4 Å². The second-order valence-corrected chi connectivity index (χ2v) is 8.35. The summed E-state index contributed by atoms with van der Waals surface area (Å²) in [6.45, 7) is 1.95. The van der Waals surface area contributed by atoms with Crippen LogP contribution >= 0.6 is 11.6 Å². The fraction of sp³-hybridized carbons (Fsp3) is 0.316. The number of rotatable bonds is 8. The molecule has 0 heterocycles. The van der Waals surface area contributed by atoms with Gasteiger partial charge in [-0.25, -0.2) is 8.42 Å². The summed E-state index contributed by atoms with van der Waals surface area (Å²) in [5, 5.41) is 3.05. The Labute approximate surface area is 165 Å². The molecule has 0 saturated carbocycles. The second kappa shape index (κ2) is 9.10. The van der Waals surface area contributed by atoms with Gasteiger partial charge >= 0.3 is 0 Å². The van der Waals surface area contributed by atoms with Crippen LogP contribution in [-0.2, 0) is 21.2 Å². The Morgan fingerprint density at radius 3 is 2.44 bits per heavy atom. The third-order valence-corrected chi connectivity index (χ3v) is 5.57. The maximum absolute atomic E-state index is 12.5. The lowest BCUT2D eigenvalue weighted by atomic mass is 10.1. The molecular weight excluding hydrogens is 388 g/mol. The summed E-state index contributed by atoms with van der Waals surface area (Å²) < 4.78 is 30.8. The molecule has 27 heavy (non-hydrogen) atoms. The van der Waals surface area contributed by atoms with E-state index in [4.69, 9.17) is 16.3 Å². The summed E-state index contributed by atoms with van der Waals surface area (Å²) in [5.41, 5.74) is 1.39. The zero-order valence-electron chi connectivity index (χ0n) is 15.5. The van der Waals surface area contributed by atoms with Gasteiger partial charge in [-0.05, 0) is 37.1 Å². The number of carbonyl (C=O) groups excluding carboxylic acids is 1. The first-order valence-electron chi connectivity index (χ1n) is 8.38. The largest absolute Gasteiger partial charge is 0.495 e. The summed E-state index contributed by atoms with van der Waals surface area (Å²) in [7, 11) is -2.23. The number of amides is 1. The summed E-state index contributed by atoms with van der Waals surface area (Å²) in [4.78, 5) is 12.5. The molecule has 0 aliphatic heterocycles. The third kappa shape index (κ3) is 5.61. The second-order valence-electron chi connectivity index (χ2n) is 6.08. The molecule has 6 nitrogen and oxygen atoms in total. The van der Waals surface area contributed by atoms with Crippen molar-refractivity contribution in [1.29, 1.82) is 0 Å². The predicted molar refractivity (Wildman–Crippen MR) is 108 cm³/mol. The van der Waals surface area contributed by atoms with Gasteiger partial charge in [0.15, 0.2) is 0 Å². The average Bonchev–Trinajstić information content (AvgIpc) is 2.61. The molecule has 0 saturated heterocycles. The fourth-order valence-corrected chi connectivity index (χ4v) is 4.14. The van der Waals surface area contributed by atoms with E-state index in [1.807, 2.05) is 30.3 Å². The van der Waals surface area contributed by atoms with E-state index >= 15 is 0 Å². The van der Waals surface area contributed by atoms with E-state index in [2.05, 4.69) is 5.32 Å². The van der Waals surface area contributed by atoms with Crippen LogP contribution in [0, 0.1) is 0 Å². The molecule has 0 radical (unpaired) electrons. The van der Waals surface area contributed by atoms with Gasteiger partial charge in [0.25, 0.3) is 0 Å². The van der Waals surface area contributed by atoms with Crippen molar-refractivity contribution in [2.45, 2.75) is 19.4 Å². The summed E-state index contributed by atoms with van der Waals surface area (Å²) >= 11 is 6.11. The van der Waals surface area contributed by atoms with Crippen molar-refractivity contribution in [1.82, 2.24) is 5.32 Å². The highest BCUT2D eigenvalue weighted by Gasteiger charge is 2.29. The van der Waals surface area contributed by atoms with E-state index in [9.17, 15) is 13.2 Å². The molecule has 2 aromatic rings. The van der Waals surface area contributed by atoms with E-state index < -0.39 is 16.1 Å². The minimum Gasteiger partial charge on any atom is -0.495 e. The number of hydrogen-bond acceptors (Lipinski definition) is 4. The molecule has 1 atom stereocenters. The standard InChI is InChI=1S/C19H23ClN2O4S/c1-14(19(23)21-12-11-15-7-5-4-6-8-15)22(27(3,24)25)16-9-10-18(26-2)17(20)13-16/h4-10,13-14H,11-12H2,1-3H3,(H,21,23)/t14-/m1/s1. The topological polar surface area (TPSA) is 75.7 Å². The Morgan fingerprint density at radius 1 is 1.22 bits per heavy atom. The lowest BCUT2D eigenvalue weighted by Gasteiger charge is -2.28. The van der Waals surface area contributed by atoms with Crippen LogP contribution in [0.3, 0.4) is 0 Å². The molecule has 1 amide bonds. The first-order chi connectivity index (χ1) is 12.7. The molecule has 8 heteroatoms. The Morgan fingerprint density at radius 2 is 1.89 bits per heavy atom. The molecule has 2 rings (SSSR count). The van der Waals surface area contributed by atoms with Crippen LogP contribution in [0.15, 0.2) is 48.5 Å². The zero-order valence-corrected chi connectivity index (χ0v) is 17.0. The van der Waals surface area contributed by atoms with Gasteiger partial charge in [0, 0.05) is 6.54 Å². The molecule has 0 aromatic heterocycles. The quantitative estimate of drug-likeness (QED) is 0.726. The summed E-state index contributed by atoms with van der Waals surface area (Å²) in [6, 6.07) is 13.4. The van der Waals surface area contributed by atoms with Gasteiger partial charge in [0.1, 0.15) is 11.8 Å². The van der Waals surface area contributed by atoms with E-state index in [1.165, 1.54) is 20.1 Å². The Bertz CT molecular complexity index is 888. The van der Waals surface area contributed by atoms with Crippen molar-refractivity contribution >= 4 is 33.2 Å². The number of nitrogens with zero attached hydrogens (tertiary/aromatic N) is 1. The average molecular weight is 411 g/mol. The highest BCUT2D eigenvalue weighted by Crippen LogP contribution is 2.31. The van der Waals surface area contributed by atoms with Crippen molar-refractivity contribution in [2.24, 2.45) is 0 Å². The number of benzene rings is 2. The monoisotopic (exact) mass is 410 g/mol. The number of anilines is 1. The summed E-state index contributed by atoms with van der Waals surface area (Å²) in [6.07, 6.45) is 1.71. The first-order valence-corrected chi connectivity index (χ1v) is 10.6. The fourth-order valence-electron chi connectivity index (χ4n) is 2.72. The number of sulfonamides is 1. The van der Waals surface area contributed by atoms with Crippen LogP contribution in [0.2, 0.25) is 5.02 Å². The molecule has 0 aliphatic rings. The molecule has 2 aromatic carbocycles. The minimum atomic E-state index is -3.70. The van der Waals surface area contributed by atoms with E-state index in [-0.39, 0.29) is 10.9 Å². The lowest BCUT2D eigenvalue weighted by molar-refractivity contribution is -0.121. The number of ether oxygens (including phenoxy) is 1. The SMILES string of the molecule is COc1ccc(N([C@H](C)C(=O)NCCc2ccccc2)S(C)(=O)=O)cc1Cl. The normalized spacial score (nSPS) is 12.3. The number of carbonyl (C=O) groups is 1. The van der Waals surface area contributed by atoms with Gasteiger partial charge < -0.3 is 10.1 Å². The highest BCUT2D eigenvalue weighted by molar-refractivity contribution is 7.92. The van der Waals surface area contributed by atoms with Crippen LogP contribution in [0.25, 0.3) is 0 Å². The molecule has 0 aliphatic carbocycles. The number of nitrogens with one attached hydrogen (secondary N) is 1. The summed E-state index contributed by atoms with van der Waals surface area (Å²) in [5.74, 6) is 0.0390. The molecule has 146 valence electrons. The molecule has 0 bridgehead atoms. The molecule has 1 N–H and O–H groups in total. The van der Waals surface area contributed by atoms with Crippen LogP contribution in [0.1, 0.15) is 12.5 Å². The first kappa shape index (κ1) is 21.1. The van der Waals surface area contributed by atoms with Gasteiger partial charge in [-0.2, -0.15) is 0 Å². The molecule has 0 unspecified atom stereocenters. The third-order valence-electron chi connectivity index (χ3n) is 4.03. The van der Waals surface area contributed by atoms with Gasteiger partial charge in [-0.3, -0.25) is 9.10 Å². The van der Waals surface area contributed by atoms with E-state index in [0.717, 1.165) is 16.1 Å². The maximum atomic E-state index is 12.5. The van der Waals surface area contributed by atoms with Gasteiger partial charge in [-0.1, -0.05) is 41.9 Å². The Hall–Kier alpha value is -2.25. The number of halogens is 1. The van der Waals surface area contributed by atoms with Crippen molar-refractivity contribution in [3.8, 4) is 5.75 Å². The zero-order chi connectivity index (χ0) is 20.0. The van der Waals surface area contributed by atoms with Crippen LogP contribution in [-0.4, -0.2) is 40.3 Å². The Balaban J connectivity index is 2.13. The predicted octanol–water partition coefficient (Wildman–Crippen LogP) is 2.86.